The molecule has 10 rings (SSSR count). The minimum atomic E-state index is -4.23. The van der Waals surface area contributed by atoms with Crippen LogP contribution in [0.15, 0.2) is 147 Å². The highest BCUT2D eigenvalue weighted by Gasteiger charge is 2.38. The zero-order valence-electron chi connectivity index (χ0n) is 59.1. The van der Waals surface area contributed by atoms with Crippen molar-refractivity contribution in [2.75, 3.05) is 84.3 Å². The Kier molecular flexibility index (Phi) is 39.1. The SMILES string of the molecule is C.C.C.C.CC(C)(C)OC(=O)N1CCN(S(=O)(=O)c2cc([N+](=O)[O-])ccc2Cl)CC1.CC(C)(C)OC(=O)N1CCN(S(=O)(=O)c2cc([N+](=O)[O-])ccc2Oc2cc(Cl)ccc2Cl)CC1.Nc1cc([N+](=O)[O-])ccc1Cl.O=[N+]([O-])c1ccc(Cl)c(S(=O)(=O)Cl)c1.O=[N+]([O-])c1ccc(Oc2cc(Cl)ccc2Cl)c(S(=O)(=O)N2CCNCC2)c1. The first kappa shape index (κ1) is 104. The van der Waals surface area contributed by atoms with Gasteiger partial charge in [-0.25, -0.2) is 43.3 Å². The molecule has 3 fully saturated rings. The Balaban J connectivity index is 0.000000510. The summed E-state index contributed by atoms with van der Waals surface area (Å²) in [7, 11) is -11.3. The van der Waals surface area contributed by atoms with Gasteiger partial charge < -0.3 is 39.8 Å². The van der Waals surface area contributed by atoms with Crippen LogP contribution in [0.5, 0.6) is 23.0 Å². The number of nitrogens with zero attached hydrogens (tertiary/aromatic N) is 10. The van der Waals surface area contributed by atoms with Gasteiger partial charge in [-0.05, 0) is 96.1 Å². The van der Waals surface area contributed by atoms with Crippen LogP contribution in [-0.2, 0) is 48.6 Å². The van der Waals surface area contributed by atoms with Crippen molar-refractivity contribution in [3.8, 4) is 23.0 Å². The van der Waals surface area contributed by atoms with Crippen LogP contribution < -0.4 is 20.5 Å². The van der Waals surface area contributed by atoms with Gasteiger partial charge in [0.15, 0.2) is 0 Å². The molecule has 0 aliphatic carbocycles. The number of piperazine rings is 3. The van der Waals surface area contributed by atoms with Crippen LogP contribution in [0.2, 0.25) is 35.2 Å². The summed E-state index contributed by atoms with van der Waals surface area (Å²) in [6.45, 7) is 12.5. The van der Waals surface area contributed by atoms with E-state index in [-0.39, 0.29) is 176 Å². The fourth-order valence-corrected chi connectivity index (χ4v) is 16.8. The molecule has 3 heterocycles. The number of carbonyl (C=O) groups is 2. The van der Waals surface area contributed by atoms with Crippen molar-refractivity contribution in [2.45, 2.75) is 102 Å². The highest BCUT2D eigenvalue weighted by atomic mass is 35.7. The van der Waals surface area contributed by atoms with E-state index in [2.05, 4.69) is 5.32 Å². The summed E-state index contributed by atoms with van der Waals surface area (Å²) in [5, 5.41) is 58.0. The normalized spacial score (nSPS) is 14.0. The van der Waals surface area contributed by atoms with Gasteiger partial charge in [0.05, 0.1) is 55.4 Å². The number of nitrogens with two attached hydrogens (primary N) is 1. The number of hydrogen-bond acceptors (Lipinski definition) is 26. The number of nitro benzene ring substituents is 5. The molecule has 36 nitrogen and oxygen atoms in total. The summed E-state index contributed by atoms with van der Waals surface area (Å²) in [5.74, 6) is 0.0247. The smallest absolute Gasteiger partial charge is 0.410 e. The van der Waals surface area contributed by atoms with Gasteiger partial charge in [0.1, 0.15) is 53.8 Å². The maximum Gasteiger partial charge on any atom is 0.410 e. The average Bonchev–Trinajstić information content (AvgIpc) is 0.786. The molecule has 7 aromatic carbocycles. The number of non-ortho nitro benzene ring substituents is 5. The molecule has 3 aliphatic rings. The van der Waals surface area contributed by atoms with E-state index < -0.39 is 103 Å². The lowest BCUT2D eigenvalue weighted by molar-refractivity contribution is -0.385. The van der Waals surface area contributed by atoms with Crippen molar-refractivity contribution in [2.24, 2.45) is 0 Å². The number of hydrogen-bond donors (Lipinski definition) is 2. The summed E-state index contributed by atoms with van der Waals surface area (Å²) in [4.78, 5) is 76.2. The second-order valence-corrected chi connectivity index (χ2v) is 36.3. The molecule has 0 aromatic heterocycles. The minimum absolute atomic E-state index is 0. The second-order valence-electron chi connectivity index (χ2n) is 25.2. The van der Waals surface area contributed by atoms with E-state index in [4.69, 9.17) is 117 Å². The molecule has 2 amide bonds. The summed E-state index contributed by atoms with van der Waals surface area (Å²) < 4.78 is 126. The third-order valence-electron chi connectivity index (χ3n) is 14.9. The summed E-state index contributed by atoms with van der Waals surface area (Å²) >= 11 is 41.1. The third-order valence-corrected chi connectivity index (χ3v) is 24.4. The Labute approximate surface area is 709 Å². The van der Waals surface area contributed by atoms with Gasteiger partial charge in [-0.1, -0.05) is 111 Å². The predicted octanol–water partition coefficient (Wildman–Crippen LogP) is 17.3. The number of halogens is 8. The lowest BCUT2D eigenvalue weighted by atomic mass is 10.2. The van der Waals surface area contributed by atoms with Crippen LogP contribution in [0.3, 0.4) is 0 Å². The topological polar surface area (TPSA) is 478 Å². The van der Waals surface area contributed by atoms with E-state index >= 15 is 0 Å². The molecule has 0 saturated carbocycles. The molecule has 0 spiro atoms. The van der Waals surface area contributed by atoms with Crippen molar-refractivity contribution in [3.05, 3.63) is 213 Å². The summed E-state index contributed by atoms with van der Waals surface area (Å²) in [6.07, 6.45) is -1.05. The number of nitrogens with one attached hydrogen (secondary N) is 1. The van der Waals surface area contributed by atoms with E-state index in [1.807, 2.05) is 0 Å². The van der Waals surface area contributed by atoms with Crippen LogP contribution in [0.4, 0.5) is 43.7 Å². The maximum atomic E-state index is 13.5. The van der Waals surface area contributed by atoms with Gasteiger partial charge in [0, 0.05) is 172 Å². The molecule has 116 heavy (non-hydrogen) atoms. The number of carbonyl (C=O) groups excluding carboxylic acids is 2. The van der Waals surface area contributed by atoms with Gasteiger partial charge in [0.25, 0.3) is 37.5 Å². The van der Waals surface area contributed by atoms with E-state index in [9.17, 15) is 93.8 Å². The monoisotopic (exact) mass is 1860 g/mol. The van der Waals surface area contributed by atoms with Crippen molar-refractivity contribution in [3.63, 3.8) is 0 Å². The van der Waals surface area contributed by atoms with Crippen LogP contribution in [-0.4, -0.2) is 183 Å². The van der Waals surface area contributed by atoms with Gasteiger partial charge in [-0.15, -0.1) is 0 Å². The standard InChI is InChI=1S/C21H23Cl2N3O7S.C16H15Cl2N3O5S.C15H20ClN3O6S.C6H3Cl2NO4S.C6H5ClN2O2.4CH4/c1-21(2,3)33-20(27)24-8-10-25(11-9-24)34(30,31)19-13-15(26(28)29)5-7-17(19)32-18-12-14(22)4-6-16(18)23;17-11-1-3-13(18)15(9-11)26-14-4-2-12(21(22)23)10-16(14)27(24,25)20-7-5-19-6-8-20;1-15(2,3)25-14(20)17-6-8-18(9-7-17)26(23,24)13-10-11(19(21)22)4-5-12(13)16;7-5-2-1-4(9(10)11)3-6(5)14(8,12)13;7-5-2-1-4(9(10)11)3-6(5)8;;;;/h4-7,12-13H,8-11H2,1-3H3;1-4,9-10,19H,5-8H2;4-5,10H,6-9H2,1-3H3;1-3H;1-3H,8H2;4*1H4. The molecule has 3 aliphatic heterocycles. The Morgan fingerprint density at radius 2 is 0.655 bits per heavy atom. The first-order valence-electron chi connectivity index (χ1n) is 31.9. The molecular weight excluding hydrogens is 1780 g/mol. The van der Waals surface area contributed by atoms with E-state index in [1.165, 1.54) is 86.9 Å². The molecule has 0 atom stereocenters. The molecule has 48 heteroatoms. The number of nitrogen functional groups attached to an aromatic ring is 1. The lowest BCUT2D eigenvalue weighted by Gasteiger charge is -2.35. The van der Waals surface area contributed by atoms with E-state index in [0.29, 0.717) is 28.2 Å². The van der Waals surface area contributed by atoms with E-state index in [1.54, 1.807) is 47.6 Å². The van der Waals surface area contributed by atoms with Crippen LogP contribution in [0.25, 0.3) is 0 Å². The predicted molar refractivity (Wildman–Crippen MR) is 443 cm³/mol. The number of sulfonamides is 3. The highest BCUT2D eigenvalue weighted by Crippen LogP contribution is 2.41. The number of rotatable bonds is 16. The molecule has 3 saturated heterocycles. The maximum absolute atomic E-state index is 13.5. The van der Waals surface area contributed by atoms with Gasteiger partial charge in [-0.3, -0.25) is 50.6 Å². The van der Waals surface area contributed by atoms with Gasteiger partial charge >= 0.3 is 12.2 Å². The van der Waals surface area contributed by atoms with Gasteiger partial charge in [-0.2, -0.15) is 12.9 Å². The van der Waals surface area contributed by atoms with Gasteiger partial charge in [0.2, 0.25) is 30.1 Å². The Bertz CT molecular complexity index is 5210. The quantitative estimate of drug-likeness (QED) is 0.0393. The zero-order valence-corrected chi connectivity index (χ0v) is 68.4. The largest absolute Gasteiger partial charge is 0.454 e. The van der Waals surface area contributed by atoms with Crippen molar-refractivity contribution < 1.29 is 86.8 Å². The molecule has 0 unspecified atom stereocenters. The zero-order chi connectivity index (χ0) is 83.9. The first-order valence-corrected chi connectivity index (χ1v) is 41.2. The molecule has 0 radical (unpaired) electrons. The Morgan fingerprint density at radius 1 is 0.379 bits per heavy atom. The second kappa shape index (κ2) is 43.8. The van der Waals surface area contributed by atoms with Crippen molar-refractivity contribution in [1.29, 1.82) is 0 Å². The Hall–Kier alpha value is -8.56. The summed E-state index contributed by atoms with van der Waals surface area (Å²) in [6, 6.07) is 25.8. The molecule has 0 bridgehead atoms. The van der Waals surface area contributed by atoms with Crippen LogP contribution >= 0.6 is 91.9 Å². The first-order chi connectivity index (χ1) is 51.9. The highest BCUT2D eigenvalue weighted by molar-refractivity contribution is 8.13. The Morgan fingerprint density at radius 3 is 0.974 bits per heavy atom. The number of anilines is 1. The number of benzene rings is 7. The van der Waals surface area contributed by atoms with Crippen LogP contribution in [0, 0.1) is 50.6 Å². The fourth-order valence-electron chi connectivity index (χ4n) is 9.56. The average molecular weight is 1860 g/mol. The fraction of sp³-hybridized carbons (Fsp3) is 0.353. The molecule has 3 N–H and O–H groups in total. The van der Waals surface area contributed by atoms with E-state index in [0.717, 1.165) is 57.1 Å². The lowest BCUT2D eigenvalue weighted by Crippen LogP contribution is -2.51. The summed E-state index contributed by atoms with van der Waals surface area (Å²) in [5.41, 5.74) is 2.65. The van der Waals surface area contributed by atoms with Crippen molar-refractivity contribution in [1.82, 2.24) is 28.0 Å². The van der Waals surface area contributed by atoms with Crippen molar-refractivity contribution >= 4 is 177 Å². The number of ether oxygens (including phenoxy) is 4. The number of nitro groups is 5. The third kappa shape index (κ3) is 29.2. The molecular formula is C68H82Cl8N12O24S4. The molecule has 7 aromatic rings. The molecule has 638 valence electrons. The van der Waals surface area contributed by atoms with Crippen LogP contribution in [0.1, 0.15) is 71.2 Å². The number of amides is 2. The minimum Gasteiger partial charge on any atom is -0.454 e.